The van der Waals surface area contributed by atoms with Gasteiger partial charge in [-0.15, -0.1) is 0 Å². The molecule has 0 radical (unpaired) electrons. The summed E-state index contributed by atoms with van der Waals surface area (Å²) in [6.07, 6.45) is 4.57. The fraction of sp³-hybridized carbons (Fsp3) is 0.579. The van der Waals surface area contributed by atoms with Gasteiger partial charge in [0, 0.05) is 12.6 Å². The Balaban J connectivity index is 1.74. The molecule has 1 aromatic rings. The van der Waals surface area contributed by atoms with Gasteiger partial charge < -0.3 is 10.0 Å². The smallest absolute Gasteiger partial charge is 0.326 e. The van der Waals surface area contributed by atoms with Crippen LogP contribution in [0.3, 0.4) is 0 Å². The summed E-state index contributed by atoms with van der Waals surface area (Å²) in [7, 11) is -3.53. The monoisotopic (exact) mass is 394 g/mol. The first-order valence-electron chi connectivity index (χ1n) is 9.46. The Bertz CT molecular complexity index is 806. The Morgan fingerprint density at radius 2 is 1.85 bits per heavy atom. The summed E-state index contributed by atoms with van der Waals surface area (Å²) in [5.74, 6) is -0.861. The molecule has 27 heavy (non-hydrogen) atoms. The van der Waals surface area contributed by atoms with Gasteiger partial charge in [-0.25, -0.2) is 17.9 Å². The molecule has 1 heterocycles. The summed E-state index contributed by atoms with van der Waals surface area (Å²) in [6.45, 7) is 2.01. The molecule has 1 aliphatic heterocycles. The molecular weight excluding hydrogens is 368 g/mol. The fourth-order valence-electron chi connectivity index (χ4n) is 4.36. The number of carboxylic acid groups (broad SMARTS) is 1. The third-order valence-corrected chi connectivity index (χ3v) is 7.15. The lowest BCUT2D eigenvalue weighted by atomic mass is 9.84. The van der Waals surface area contributed by atoms with E-state index < -0.39 is 22.0 Å². The van der Waals surface area contributed by atoms with Crippen molar-refractivity contribution in [2.24, 2.45) is 5.92 Å². The molecule has 3 unspecified atom stereocenters. The number of aliphatic carboxylic acids is 1. The summed E-state index contributed by atoms with van der Waals surface area (Å²) in [5.41, 5.74) is 0.679. The summed E-state index contributed by atoms with van der Waals surface area (Å²) in [4.78, 5) is 26.3. The maximum atomic E-state index is 12.9. The lowest BCUT2D eigenvalue weighted by Gasteiger charge is -2.33. The first-order chi connectivity index (χ1) is 12.8. The molecule has 1 saturated heterocycles. The maximum Gasteiger partial charge on any atom is 0.326 e. The molecule has 1 saturated carbocycles. The Labute approximate surface area is 159 Å². The minimum absolute atomic E-state index is 0.0146. The topological polar surface area (TPSA) is 104 Å². The molecule has 1 aliphatic carbocycles. The number of carbonyl (C=O) groups is 2. The maximum absolute atomic E-state index is 12.9. The molecule has 3 atom stereocenters. The van der Waals surface area contributed by atoms with Gasteiger partial charge in [-0.3, -0.25) is 4.79 Å². The molecule has 7 nitrogen and oxygen atoms in total. The van der Waals surface area contributed by atoms with Gasteiger partial charge in [-0.1, -0.05) is 31.9 Å². The number of sulfonamides is 1. The Kier molecular flexibility index (Phi) is 5.86. The molecule has 8 heteroatoms. The van der Waals surface area contributed by atoms with Crippen LogP contribution in [0.5, 0.6) is 0 Å². The second kappa shape index (κ2) is 7.98. The van der Waals surface area contributed by atoms with E-state index >= 15 is 0 Å². The van der Waals surface area contributed by atoms with Crippen LogP contribution >= 0.6 is 0 Å². The number of likely N-dealkylation sites (tertiary alicyclic amines) is 1. The van der Waals surface area contributed by atoms with Crippen LogP contribution < -0.4 is 4.72 Å². The molecule has 3 rings (SSSR count). The molecule has 0 spiro atoms. The van der Waals surface area contributed by atoms with Crippen molar-refractivity contribution in [1.82, 2.24) is 9.62 Å². The molecule has 0 bridgehead atoms. The van der Waals surface area contributed by atoms with Crippen molar-refractivity contribution in [1.29, 1.82) is 0 Å². The van der Waals surface area contributed by atoms with Crippen LogP contribution in [0, 0.1) is 5.92 Å². The highest BCUT2D eigenvalue weighted by Gasteiger charge is 2.47. The SMILES string of the molecule is CCNS(=O)(=O)c1ccc(CC(=O)N2C(C(=O)O)CC3CCCCC32)cc1. The summed E-state index contributed by atoms with van der Waals surface area (Å²) in [6, 6.07) is 5.45. The average Bonchev–Trinajstić information content (AvgIpc) is 3.02. The molecule has 2 N–H and O–H groups in total. The van der Waals surface area contributed by atoms with Gasteiger partial charge in [0.15, 0.2) is 0 Å². The number of benzene rings is 1. The highest BCUT2D eigenvalue weighted by molar-refractivity contribution is 7.89. The van der Waals surface area contributed by atoms with Crippen LogP contribution in [-0.4, -0.2) is 48.9 Å². The number of hydrogen-bond acceptors (Lipinski definition) is 4. The van der Waals surface area contributed by atoms with E-state index in [-0.39, 0.29) is 29.2 Å². The van der Waals surface area contributed by atoms with Gasteiger partial charge in [0.2, 0.25) is 15.9 Å². The van der Waals surface area contributed by atoms with Crippen molar-refractivity contribution in [3.63, 3.8) is 0 Å². The van der Waals surface area contributed by atoms with E-state index in [4.69, 9.17) is 0 Å². The zero-order valence-electron chi connectivity index (χ0n) is 15.4. The predicted octanol–water partition coefficient (Wildman–Crippen LogP) is 1.77. The van der Waals surface area contributed by atoms with Gasteiger partial charge >= 0.3 is 5.97 Å². The van der Waals surface area contributed by atoms with Gasteiger partial charge in [0.1, 0.15) is 6.04 Å². The van der Waals surface area contributed by atoms with E-state index in [0.717, 1.165) is 25.7 Å². The molecule has 1 aromatic carbocycles. The predicted molar refractivity (Wildman–Crippen MR) is 99.6 cm³/mol. The van der Waals surface area contributed by atoms with Crippen LogP contribution in [0.1, 0.15) is 44.6 Å². The van der Waals surface area contributed by atoms with Crippen molar-refractivity contribution in [2.45, 2.75) is 62.4 Å². The Hall–Kier alpha value is -1.93. The van der Waals surface area contributed by atoms with E-state index in [1.165, 1.54) is 12.1 Å². The number of carbonyl (C=O) groups excluding carboxylic acids is 1. The second-order valence-electron chi connectivity index (χ2n) is 7.32. The van der Waals surface area contributed by atoms with Crippen molar-refractivity contribution in [3.8, 4) is 0 Å². The fourth-order valence-corrected chi connectivity index (χ4v) is 5.41. The Morgan fingerprint density at radius 1 is 1.19 bits per heavy atom. The van der Waals surface area contributed by atoms with E-state index in [1.54, 1.807) is 24.0 Å². The van der Waals surface area contributed by atoms with Crippen LogP contribution in [0.25, 0.3) is 0 Å². The number of rotatable bonds is 6. The first-order valence-corrected chi connectivity index (χ1v) is 10.9. The molecule has 2 fully saturated rings. The summed E-state index contributed by atoms with van der Waals surface area (Å²) >= 11 is 0. The zero-order valence-corrected chi connectivity index (χ0v) is 16.2. The largest absolute Gasteiger partial charge is 0.480 e. The van der Waals surface area contributed by atoms with Crippen LogP contribution in [-0.2, 0) is 26.0 Å². The zero-order chi connectivity index (χ0) is 19.6. The van der Waals surface area contributed by atoms with Crippen molar-refractivity contribution in [2.75, 3.05) is 6.54 Å². The highest BCUT2D eigenvalue weighted by atomic mass is 32.2. The van der Waals surface area contributed by atoms with Crippen LogP contribution in [0.2, 0.25) is 0 Å². The van der Waals surface area contributed by atoms with Gasteiger partial charge in [0.05, 0.1) is 11.3 Å². The number of nitrogens with zero attached hydrogens (tertiary/aromatic N) is 1. The Morgan fingerprint density at radius 3 is 2.48 bits per heavy atom. The van der Waals surface area contributed by atoms with E-state index in [2.05, 4.69) is 4.72 Å². The third-order valence-electron chi connectivity index (χ3n) is 5.58. The molecular formula is C19H26N2O5S. The number of amides is 1. The third kappa shape index (κ3) is 4.16. The van der Waals surface area contributed by atoms with Gasteiger partial charge in [-0.2, -0.15) is 0 Å². The van der Waals surface area contributed by atoms with Crippen molar-refractivity contribution >= 4 is 21.9 Å². The van der Waals surface area contributed by atoms with Gasteiger partial charge in [-0.05, 0) is 42.9 Å². The number of fused-ring (bicyclic) bond motifs is 1. The first kappa shape index (κ1) is 19.8. The van der Waals surface area contributed by atoms with Crippen LogP contribution in [0.15, 0.2) is 29.2 Å². The van der Waals surface area contributed by atoms with Crippen molar-refractivity contribution in [3.05, 3.63) is 29.8 Å². The second-order valence-corrected chi connectivity index (χ2v) is 9.09. The lowest BCUT2D eigenvalue weighted by molar-refractivity contribution is -0.149. The minimum atomic E-state index is -3.53. The highest BCUT2D eigenvalue weighted by Crippen LogP contribution is 2.40. The van der Waals surface area contributed by atoms with E-state index in [9.17, 15) is 23.1 Å². The van der Waals surface area contributed by atoms with Gasteiger partial charge in [0.25, 0.3) is 0 Å². The standard InChI is InChI=1S/C19H26N2O5S/c1-2-20-27(25,26)15-9-7-13(8-10-15)11-18(22)21-16-6-4-3-5-14(16)12-17(21)19(23)24/h7-10,14,16-17,20H,2-6,11-12H2,1H3,(H,23,24). The normalized spacial score (nSPS) is 25.2. The van der Waals surface area contributed by atoms with E-state index in [1.807, 2.05) is 0 Å². The number of hydrogen-bond donors (Lipinski definition) is 2. The lowest BCUT2D eigenvalue weighted by Crippen LogP contribution is -2.46. The average molecular weight is 394 g/mol. The number of carboxylic acids is 1. The number of nitrogens with one attached hydrogen (secondary N) is 1. The molecule has 0 aromatic heterocycles. The minimum Gasteiger partial charge on any atom is -0.480 e. The van der Waals surface area contributed by atoms with Crippen LogP contribution in [0.4, 0.5) is 0 Å². The summed E-state index contributed by atoms with van der Waals surface area (Å²) < 4.78 is 26.4. The molecule has 148 valence electrons. The van der Waals surface area contributed by atoms with Crippen molar-refractivity contribution < 1.29 is 23.1 Å². The molecule has 2 aliphatic rings. The molecule has 1 amide bonds. The quantitative estimate of drug-likeness (QED) is 0.765. The summed E-state index contributed by atoms with van der Waals surface area (Å²) in [5, 5.41) is 9.55. The van der Waals surface area contributed by atoms with E-state index in [0.29, 0.717) is 18.5 Å².